The highest BCUT2D eigenvalue weighted by atomic mass is 16.5. The van der Waals surface area contributed by atoms with Gasteiger partial charge in [0, 0.05) is 44.0 Å². The lowest BCUT2D eigenvalue weighted by atomic mass is 10.1. The number of carbonyl (C=O) groups is 1. The van der Waals surface area contributed by atoms with E-state index in [-0.39, 0.29) is 5.97 Å². The zero-order chi connectivity index (χ0) is 23.4. The van der Waals surface area contributed by atoms with Gasteiger partial charge >= 0.3 is 5.97 Å². The van der Waals surface area contributed by atoms with Gasteiger partial charge in [-0.15, -0.1) is 0 Å². The third-order valence-electron chi connectivity index (χ3n) is 6.14. The molecule has 0 aliphatic carbocycles. The minimum Gasteiger partial charge on any atom is -0.466 e. The van der Waals surface area contributed by atoms with Crippen molar-refractivity contribution in [1.82, 2.24) is 15.1 Å². The van der Waals surface area contributed by atoms with E-state index in [0.717, 1.165) is 64.0 Å². The van der Waals surface area contributed by atoms with Gasteiger partial charge in [-0.25, -0.2) is 0 Å². The molecular weight excluding hydrogens is 400 g/mol. The van der Waals surface area contributed by atoms with Crippen molar-refractivity contribution in [2.75, 3.05) is 46.9 Å². The Kier molecular flexibility index (Phi) is 17.3. The van der Waals surface area contributed by atoms with Gasteiger partial charge in [-0.2, -0.15) is 0 Å². The molecule has 0 aromatic rings. The molecule has 1 heterocycles. The number of nitrogens with one attached hydrogen (secondary N) is 1. The van der Waals surface area contributed by atoms with E-state index in [1.165, 1.54) is 51.4 Å². The average molecular weight is 453 g/mol. The molecule has 1 unspecified atom stereocenters. The second kappa shape index (κ2) is 19.2. The third kappa shape index (κ3) is 16.4. The van der Waals surface area contributed by atoms with E-state index in [2.05, 4.69) is 22.0 Å². The number of likely N-dealkylation sites (N-methyl/N-ethyl adjacent to an activating group) is 1. The summed E-state index contributed by atoms with van der Waals surface area (Å²) in [4.78, 5) is 16.5. The fourth-order valence-corrected chi connectivity index (χ4v) is 4.26. The molecule has 0 aromatic heterocycles. The van der Waals surface area contributed by atoms with Gasteiger partial charge in [0.25, 0.3) is 0 Å². The van der Waals surface area contributed by atoms with Crippen molar-refractivity contribution in [3.8, 4) is 0 Å². The Morgan fingerprint density at radius 3 is 2.38 bits per heavy atom. The molecule has 6 nitrogen and oxygen atoms in total. The van der Waals surface area contributed by atoms with Gasteiger partial charge in [-0.3, -0.25) is 4.79 Å². The molecule has 1 rings (SSSR count). The number of likely N-dealkylation sites (tertiary alicyclic amines) is 1. The van der Waals surface area contributed by atoms with E-state index < -0.39 is 0 Å². The van der Waals surface area contributed by atoms with Crippen LogP contribution in [-0.2, 0) is 9.53 Å². The van der Waals surface area contributed by atoms with E-state index in [1.54, 1.807) is 0 Å². The Hall–Kier alpha value is -1.27. The molecule has 1 saturated heterocycles. The summed E-state index contributed by atoms with van der Waals surface area (Å²) in [5, 5.41) is 3.46. The quantitative estimate of drug-likeness (QED) is 0.207. The first-order valence-electron chi connectivity index (χ1n) is 13.2. The molecule has 0 bridgehead atoms. The summed E-state index contributed by atoms with van der Waals surface area (Å²) in [6.45, 7) is 6.97. The summed E-state index contributed by atoms with van der Waals surface area (Å²) in [6, 6.07) is 0.492. The van der Waals surface area contributed by atoms with Crippen molar-refractivity contribution < 1.29 is 9.53 Å². The van der Waals surface area contributed by atoms with Gasteiger partial charge in [0.15, 0.2) is 0 Å². The Balaban J connectivity index is 1.90. The van der Waals surface area contributed by atoms with Crippen molar-refractivity contribution >= 4 is 5.97 Å². The molecule has 0 amide bonds. The second-order valence-corrected chi connectivity index (χ2v) is 9.77. The van der Waals surface area contributed by atoms with E-state index in [1.807, 2.05) is 20.3 Å². The summed E-state index contributed by atoms with van der Waals surface area (Å²) in [5.74, 6) is -0.0166. The van der Waals surface area contributed by atoms with Crippen LogP contribution in [0.2, 0.25) is 0 Å². The molecule has 1 aliphatic heterocycles. The number of hydrogen-bond donors (Lipinski definition) is 2. The first-order chi connectivity index (χ1) is 15.5. The zero-order valence-electron chi connectivity index (χ0n) is 21.4. The molecule has 0 saturated carbocycles. The summed E-state index contributed by atoms with van der Waals surface area (Å²) >= 11 is 0. The summed E-state index contributed by atoms with van der Waals surface area (Å²) in [5.41, 5.74) is 6.88. The number of unbranched alkanes of at least 4 members (excludes halogenated alkanes) is 10. The maximum Gasteiger partial charge on any atom is 0.305 e. The SMILES string of the molecule is CCCCCCCCCCCOC(=O)CCCCCN1CCC(N/C=C(\N)CN(C)C)C1. The zero-order valence-corrected chi connectivity index (χ0v) is 21.4. The molecule has 188 valence electrons. The van der Waals surface area contributed by atoms with Gasteiger partial charge in [0.2, 0.25) is 0 Å². The lowest BCUT2D eigenvalue weighted by Crippen LogP contribution is -2.31. The number of esters is 1. The minimum atomic E-state index is -0.0166. The molecule has 1 fully saturated rings. The smallest absolute Gasteiger partial charge is 0.305 e. The molecule has 0 radical (unpaired) electrons. The first kappa shape index (κ1) is 28.8. The van der Waals surface area contributed by atoms with Crippen molar-refractivity contribution in [2.24, 2.45) is 5.73 Å². The number of rotatable bonds is 20. The maximum atomic E-state index is 11.9. The first-order valence-corrected chi connectivity index (χ1v) is 13.2. The monoisotopic (exact) mass is 452 g/mol. The standard InChI is InChI=1S/C26H52N4O2/c1-4-5-6-7-8-9-10-11-15-20-32-26(31)16-13-12-14-18-30-19-17-25(23-30)28-21-24(27)22-29(2)3/h21,25,28H,4-20,22-23,27H2,1-3H3/b24-21-. The average Bonchev–Trinajstić information content (AvgIpc) is 3.20. The summed E-state index contributed by atoms with van der Waals surface area (Å²) in [6.07, 6.45) is 18.5. The van der Waals surface area contributed by atoms with Gasteiger partial charge in [-0.05, 0) is 46.3 Å². The van der Waals surface area contributed by atoms with E-state index >= 15 is 0 Å². The van der Waals surface area contributed by atoms with Crippen molar-refractivity contribution in [3.63, 3.8) is 0 Å². The Morgan fingerprint density at radius 1 is 1.03 bits per heavy atom. The van der Waals surface area contributed by atoms with Crippen LogP contribution in [0.15, 0.2) is 11.9 Å². The lowest BCUT2D eigenvalue weighted by molar-refractivity contribution is -0.143. The minimum absolute atomic E-state index is 0.0166. The normalized spacial score (nSPS) is 17.2. The van der Waals surface area contributed by atoms with Crippen LogP contribution in [0.5, 0.6) is 0 Å². The van der Waals surface area contributed by atoms with E-state index in [9.17, 15) is 4.79 Å². The maximum absolute atomic E-state index is 11.9. The van der Waals surface area contributed by atoms with Gasteiger partial charge in [0.05, 0.1) is 6.61 Å². The molecule has 32 heavy (non-hydrogen) atoms. The van der Waals surface area contributed by atoms with Crippen LogP contribution in [0.4, 0.5) is 0 Å². The van der Waals surface area contributed by atoms with Gasteiger partial charge in [-0.1, -0.05) is 64.7 Å². The van der Waals surface area contributed by atoms with Crippen LogP contribution >= 0.6 is 0 Å². The molecular formula is C26H52N4O2. The predicted molar refractivity (Wildman–Crippen MR) is 135 cm³/mol. The fourth-order valence-electron chi connectivity index (χ4n) is 4.26. The molecule has 3 N–H and O–H groups in total. The Bertz CT molecular complexity index is 496. The topological polar surface area (TPSA) is 70.8 Å². The molecule has 0 spiro atoms. The highest BCUT2D eigenvalue weighted by Gasteiger charge is 2.20. The molecule has 6 heteroatoms. The second-order valence-electron chi connectivity index (χ2n) is 9.77. The highest BCUT2D eigenvalue weighted by Crippen LogP contribution is 2.12. The number of hydrogen-bond acceptors (Lipinski definition) is 6. The number of ether oxygens (including phenoxy) is 1. The lowest BCUT2D eigenvalue weighted by Gasteiger charge is -2.16. The predicted octanol–water partition coefficient (Wildman–Crippen LogP) is 4.65. The third-order valence-corrected chi connectivity index (χ3v) is 6.14. The van der Waals surface area contributed by atoms with Crippen molar-refractivity contribution in [2.45, 2.75) is 103 Å². The summed E-state index contributed by atoms with van der Waals surface area (Å²) in [7, 11) is 4.05. The van der Waals surface area contributed by atoms with Crippen molar-refractivity contribution in [1.29, 1.82) is 0 Å². The number of nitrogens with two attached hydrogens (primary N) is 1. The summed E-state index contributed by atoms with van der Waals surface area (Å²) < 4.78 is 5.39. The highest BCUT2D eigenvalue weighted by molar-refractivity contribution is 5.69. The fraction of sp³-hybridized carbons (Fsp3) is 0.885. The van der Waals surface area contributed by atoms with Crippen LogP contribution in [-0.4, -0.2) is 68.7 Å². The number of carbonyl (C=O) groups excluding carboxylic acids is 1. The van der Waals surface area contributed by atoms with Gasteiger partial charge < -0.3 is 25.6 Å². The van der Waals surface area contributed by atoms with Gasteiger partial charge in [0.1, 0.15) is 0 Å². The Labute approximate surface area is 198 Å². The molecule has 1 aliphatic rings. The Morgan fingerprint density at radius 2 is 1.69 bits per heavy atom. The van der Waals surface area contributed by atoms with Crippen LogP contribution in [0.3, 0.4) is 0 Å². The molecule has 1 atom stereocenters. The van der Waals surface area contributed by atoms with Crippen LogP contribution in [0.25, 0.3) is 0 Å². The van der Waals surface area contributed by atoms with Crippen LogP contribution < -0.4 is 11.1 Å². The van der Waals surface area contributed by atoms with Crippen molar-refractivity contribution in [3.05, 3.63) is 11.9 Å². The van der Waals surface area contributed by atoms with Crippen LogP contribution in [0.1, 0.15) is 96.8 Å². The van der Waals surface area contributed by atoms with Crippen LogP contribution in [0, 0.1) is 0 Å². The number of nitrogens with zero attached hydrogens (tertiary/aromatic N) is 2. The van der Waals surface area contributed by atoms with E-state index in [0.29, 0.717) is 19.1 Å². The largest absolute Gasteiger partial charge is 0.466 e. The molecule has 0 aromatic carbocycles. The van der Waals surface area contributed by atoms with E-state index in [4.69, 9.17) is 10.5 Å².